The third-order valence-electron chi connectivity index (χ3n) is 5.91. The van der Waals surface area contributed by atoms with Gasteiger partial charge in [0.25, 0.3) is 0 Å². The molecular formula is C26H28ClN3O2. The summed E-state index contributed by atoms with van der Waals surface area (Å²) in [5.74, 6) is 1.01. The number of piperidine rings is 1. The summed E-state index contributed by atoms with van der Waals surface area (Å²) in [6.07, 6.45) is 5.20. The van der Waals surface area contributed by atoms with Gasteiger partial charge in [0.2, 0.25) is 5.91 Å². The van der Waals surface area contributed by atoms with Crippen LogP contribution in [0.25, 0.3) is 0 Å². The SMILES string of the molecule is O=C(NC(c1ccncc1)c1ccc(Cl)cc1)C1CCN(CCOc2ccccc2)CC1. The lowest BCUT2D eigenvalue weighted by Gasteiger charge is -2.32. The van der Waals surface area contributed by atoms with Crippen LogP contribution in [0.5, 0.6) is 5.75 Å². The minimum Gasteiger partial charge on any atom is -0.492 e. The number of benzene rings is 2. The number of carbonyl (C=O) groups is 1. The van der Waals surface area contributed by atoms with E-state index < -0.39 is 0 Å². The van der Waals surface area contributed by atoms with Crippen molar-refractivity contribution >= 4 is 17.5 Å². The van der Waals surface area contributed by atoms with Gasteiger partial charge in [0.05, 0.1) is 6.04 Å². The smallest absolute Gasteiger partial charge is 0.223 e. The third-order valence-corrected chi connectivity index (χ3v) is 6.16. The molecule has 1 N–H and O–H groups in total. The first kappa shape index (κ1) is 22.3. The van der Waals surface area contributed by atoms with E-state index in [1.807, 2.05) is 66.7 Å². The Morgan fingerprint density at radius 1 is 1.00 bits per heavy atom. The lowest BCUT2D eigenvalue weighted by atomic mass is 9.93. The topological polar surface area (TPSA) is 54.5 Å². The highest BCUT2D eigenvalue weighted by Gasteiger charge is 2.27. The number of para-hydroxylation sites is 1. The zero-order chi connectivity index (χ0) is 22.2. The van der Waals surface area contributed by atoms with Crippen LogP contribution in [-0.2, 0) is 4.79 Å². The lowest BCUT2D eigenvalue weighted by Crippen LogP contribution is -2.42. The molecule has 0 spiro atoms. The van der Waals surface area contributed by atoms with Crippen LogP contribution in [-0.4, -0.2) is 42.0 Å². The van der Waals surface area contributed by atoms with Crippen LogP contribution in [0.15, 0.2) is 79.1 Å². The van der Waals surface area contributed by atoms with E-state index in [4.69, 9.17) is 16.3 Å². The Labute approximate surface area is 194 Å². The number of hydrogen-bond donors (Lipinski definition) is 1. The molecular weight excluding hydrogens is 422 g/mol. The maximum atomic E-state index is 13.1. The predicted octanol–water partition coefficient (Wildman–Crippen LogP) is 4.73. The Hall–Kier alpha value is -2.89. The average molecular weight is 450 g/mol. The summed E-state index contributed by atoms with van der Waals surface area (Å²) in [5.41, 5.74) is 2.01. The minimum absolute atomic E-state index is 0.0120. The predicted molar refractivity (Wildman–Crippen MR) is 127 cm³/mol. The number of carbonyl (C=O) groups excluding carboxylic acids is 1. The van der Waals surface area contributed by atoms with Crippen LogP contribution < -0.4 is 10.1 Å². The molecule has 1 aliphatic rings. The number of likely N-dealkylation sites (tertiary alicyclic amines) is 1. The summed E-state index contributed by atoms with van der Waals surface area (Å²) in [4.78, 5) is 19.6. The minimum atomic E-state index is -0.222. The van der Waals surface area contributed by atoms with Gasteiger partial charge in [0.15, 0.2) is 0 Å². The zero-order valence-electron chi connectivity index (χ0n) is 18.0. The summed E-state index contributed by atoms with van der Waals surface area (Å²) >= 11 is 6.06. The van der Waals surface area contributed by atoms with E-state index in [2.05, 4.69) is 15.2 Å². The molecule has 4 rings (SSSR count). The van der Waals surface area contributed by atoms with Crippen molar-refractivity contribution < 1.29 is 9.53 Å². The van der Waals surface area contributed by atoms with Crippen molar-refractivity contribution in [3.8, 4) is 5.75 Å². The molecule has 0 aliphatic carbocycles. The molecule has 0 saturated carbocycles. The normalized spacial score (nSPS) is 15.8. The Kier molecular flexibility index (Phi) is 7.75. The van der Waals surface area contributed by atoms with Crippen molar-refractivity contribution in [2.24, 2.45) is 5.92 Å². The fraction of sp³-hybridized carbons (Fsp3) is 0.308. The highest BCUT2D eigenvalue weighted by Crippen LogP contribution is 2.25. The molecule has 166 valence electrons. The van der Waals surface area contributed by atoms with Crippen LogP contribution in [0.2, 0.25) is 5.02 Å². The van der Waals surface area contributed by atoms with Gasteiger partial charge in [-0.2, -0.15) is 0 Å². The maximum Gasteiger partial charge on any atom is 0.223 e. The number of pyridine rings is 1. The van der Waals surface area contributed by atoms with Gasteiger partial charge in [0, 0.05) is 29.9 Å². The van der Waals surface area contributed by atoms with Crippen LogP contribution >= 0.6 is 11.6 Å². The van der Waals surface area contributed by atoms with E-state index in [9.17, 15) is 4.79 Å². The van der Waals surface area contributed by atoms with Gasteiger partial charge in [-0.1, -0.05) is 41.9 Å². The highest BCUT2D eigenvalue weighted by atomic mass is 35.5. The Morgan fingerprint density at radius 3 is 2.34 bits per heavy atom. The molecule has 1 fully saturated rings. The maximum absolute atomic E-state index is 13.1. The second-order valence-corrected chi connectivity index (χ2v) is 8.49. The van der Waals surface area contributed by atoms with Gasteiger partial charge in [-0.15, -0.1) is 0 Å². The van der Waals surface area contributed by atoms with E-state index in [1.54, 1.807) is 12.4 Å². The van der Waals surface area contributed by atoms with Crippen LogP contribution in [0.4, 0.5) is 0 Å². The molecule has 1 amide bonds. The number of ether oxygens (including phenoxy) is 1. The lowest BCUT2D eigenvalue weighted by molar-refractivity contribution is -0.127. The molecule has 1 aliphatic heterocycles. The first-order valence-corrected chi connectivity index (χ1v) is 11.4. The molecule has 0 bridgehead atoms. The number of nitrogens with zero attached hydrogens (tertiary/aromatic N) is 2. The Bertz CT molecular complexity index is 975. The Balaban J connectivity index is 1.31. The average Bonchev–Trinajstić information content (AvgIpc) is 2.85. The first-order valence-electron chi connectivity index (χ1n) is 11.0. The van der Waals surface area contributed by atoms with Crippen LogP contribution in [0.1, 0.15) is 30.0 Å². The molecule has 1 unspecified atom stereocenters. The number of rotatable bonds is 8. The van der Waals surface area contributed by atoms with Gasteiger partial charge in [0.1, 0.15) is 12.4 Å². The number of halogens is 1. The van der Waals surface area contributed by atoms with Crippen molar-refractivity contribution in [3.63, 3.8) is 0 Å². The number of aromatic nitrogens is 1. The number of hydrogen-bond acceptors (Lipinski definition) is 4. The molecule has 6 heteroatoms. The van der Waals surface area contributed by atoms with Crippen molar-refractivity contribution in [1.29, 1.82) is 0 Å². The molecule has 2 heterocycles. The van der Waals surface area contributed by atoms with Crippen molar-refractivity contribution in [2.45, 2.75) is 18.9 Å². The molecule has 5 nitrogen and oxygen atoms in total. The van der Waals surface area contributed by atoms with Crippen molar-refractivity contribution in [3.05, 3.63) is 95.3 Å². The summed E-state index contributed by atoms with van der Waals surface area (Å²) < 4.78 is 5.81. The molecule has 1 atom stereocenters. The van der Waals surface area contributed by atoms with Gasteiger partial charge in [-0.3, -0.25) is 14.7 Å². The fourth-order valence-electron chi connectivity index (χ4n) is 4.06. The van der Waals surface area contributed by atoms with E-state index >= 15 is 0 Å². The van der Waals surface area contributed by atoms with Crippen LogP contribution in [0.3, 0.4) is 0 Å². The third kappa shape index (κ3) is 6.09. The van der Waals surface area contributed by atoms with Gasteiger partial charge in [-0.25, -0.2) is 0 Å². The molecule has 0 radical (unpaired) electrons. The largest absolute Gasteiger partial charge is 0.492 e. The number of amides is 1. The second-order valence-electron chi connectivity index (χ2n) is 8.05. The summed E-state index contributed by atoms with van der Waals surface area (Å²) in [6.45, 7) is 3.32. The molecule has 2 aromatic carbocycles. The van der Waals surface area contributed by atoms with Gasteiger partial charge >= 0.3 is 0 Å². The quantitative estimate of drug-likeness (QED) is 0.540. The van der Waals surface area contributed by atoms with Gasteiger partial charge in [-0.05, 0) is 73.5 Å². The summed E-state index contributed by atoms with van der Waals surface area (Å²) in [6, 6.07) is 21.2. The number of nitrogens with one attached hydrogen (secondary N) is 1. The standard InChI is InChI=1S/C26H28ClN3O2/c27-23-8-6-20(7-9-23)25(21-10-14-28-15-11-21)29-26(31)22-12-16-30(17-13-22)18-19-32-24-4-2-1-3-5-24/h1-11,14-15,22,25H,12-13,16-19H2,(H,29,31). The van der Waals surface area contributed by atoms with E-state index in [0.29, 0.717) is 11.6 Å². The molecule has 32 heavy (non-hydrogen) atoms. The van der Waals surface area contributed by atoms with Crippen molar-refractivity contribution in [2.75, 3.05) is 26.2 Å². The van der Waals surface area contributed by atoms with Crippen LogP contribution in [0, 0.1) is 5.92 Å². The van der Waals surface area contributed by atoms with E-state index in [0.717, 1.165) is 49.4 Å². The highest BCUT2D eigenvalue weighted by molar-refractivity contribution is 6.30. The molecule has 1 aromatic heterocycles. The summed E-state index contributed by atoms with van der Waals surface area (Å²) in [5, 5.41) is 3.94. The van der Waals surface area contributed by atoms with E-state index in [-0.39, 0.29) is 17.9 Å². The molecule has 3 aromatic rings. The summed E-state index contributed by atoms with van der Waals surface area (Å²) in [7, 11) is 0. The fourth-order valence-corrected chi connectivity index (χ4v) is 4.18. The second kappa shape index (κ2) is 11.1. The monoisotopic (exact) mass is 449 g/mol. The molecule has 1 saturated heterocycles. The first-order chi connectivity index (χ1) is 15.7. The zero-order valence-corrected chi connectivity index (χ0v) is 18.7. The van der Waals surface area contributed by atoms with Crippen molar-refractivity contribution in [1.82, 2.24) is 15.2 Å². The van der Waals surface area contributed by atoms with Gasteiger partial charge < -0.3 is 10.1 Å². The Morgan fingerprint density at radius 2 is 1.66 bits per heavy atom. The van der Waals surface area contributed by atoms with E-state index in [1.165, 1.54) is 0 Å².